The lowest BCUT2D eigenvalue weighted by atomic mass is 9.86. The van der Waals surface area contributed by atoms with Gasteiger partial charge in [0.25, 0.3) is 0 Å². The summed E-state index contributed by atoms with van der Waals surface area (Å²) in [5, 5.41) is 13.3. The quantitative estimate of drug-likeness (QED) is 0.459. The molecule has 2 fully saturated rings. The first-order valence-electron chi connectivity index (χ1n) is 14.5. The van der Waals surface area contributed by atoms with Gasteiger partial charge in [0.15, 0.2) is 0 Å². The predicted molar refractivity (Wildman–Crippen MR) is 156 cm³/mol. The van der Waals surface area contributed by atoms with Gasteiger partial charge in [0, 0.05) is 50.9 Å². The van der Waals surface area contributed by atoms with E-state index < -0.39 is 5.60 Å². The molecule has 2 aliphatic rings. The maximum Gasteiger partial charge on any atom is 0.229 e. The largest absolute Gasteiger partial charge is 0.490 e. The Morgan fingerprint density at radius 2 is 1.92 bits per heavy atom. The van der Waals surface area contributed by atoms with E-state index in [9.17, 15) is 9.90 Å². The van der Waals surface area contributed by atoms with Crippen LogP contribution in [0, 0.1) is 12.8 Å². The van der Waals surface area contributed by atoms with Crippen LogP contribution in [0.15, 0.2) is 42.5 Å². The summed E-state index contributed by atoms with van der Waals surface area (Å²) in [5.41, 5.74) is 3.72. The van der Waals surface area contributed by atoms with E-state index in [-0.39, 0.29) is 24.5 Å². The van der Waals surface area contributed by atoms with E-state index in [2.05, 4.69) is 42.3 Å². The number of nitrogens with one attached hydrogen (secondary N) is 1. The van der Waals surface area contributed by atoms with Crippen LogP contribution in [0.5, 0.6) is 5.75 Å². The van der Waals surface area contributed by atoms with Crippen LogP contribution in [0.25, 0.3) is 0 Å². The average Bonchev–Trinajstić information content (AvgIpc) is 2.89. The van der Waals surface area contributed by atoms with E-state index >= 15 is 0 Å². The number of carbonyl (C=O) groups excluding carboxylic acids is 1. The molecule has 0 bridgehead atoms. The molecule has 1 amide bonds. The van der Waals surface area contributed by atoms with E-state index in [0.717, 1.165) is 68.9 Å². The van der Waals surface area contributed by atoms with Crippen LogP contribution in [0.2, 0.25) is 0 Å². The van der Waals surface area contributed by atoms with Gasteiger partial charge >= 0.3 is 0 Å². The molecule has 7 heteroatoms. The Morgan fingerprint density at radius 1 is 1.15 bits per heavy atom. The number of piperazine rings is 1. The summed E-state index contributed by atoms with van der Waals surface area (Å²) in [6.45, 7) is 12.7. The molecule has 2 aromatic rings. The first-order valence-corrected chi connectivity index (χ1v) is 14.5. The lowest BCUT2D eigenvalue weighted by Crippen LogP contribution is -2.48. The zero-order valence-corrected chi connectivity index (χ0v) is 24.4. The Balaban J connectivity index is 1.25. The lowest BCUT2D eigenvalue weighted by Gasteiger charge is -2.32. The van der Waals surface area contributed by atoms with Crippen LogP contribution < -0.4 is 15.0 Å². The number of aliphatic hydroxyl groups is 1. The zero-order chi connectivity index (χ0) is 28.0. The van der Waals surface area contributed by atoms with Crippen molar-refractivity contribution in [2.75, 3.05) is 38.2 Å². The molecule has 39 heavy (non-hydrogen) atoms. The van der Waals surface area contributed by atoms with Gasteiger partial charge in [0.2, 0.25) is 5.91 Å². The van der Waals surface area contributed by atoms with Crippen molar-refractivity contribution >= 4 is 11.6 Å². The first-order chi connectivity index (χ1) is 18.6. The third kappa shape index (κ3) is 8.77. The van der Waals surface area contributed by atoms with Crippen molar-refractivity contribution in [2.45, 2.75) is 84.3 Å². The highest BCUT2D eigenvalue weighted by molar-refractivity contribution is 5.94. The Kier molecular flexibility index (Phi) is 10.0. The summed E-state index contributed by atoms with van der Waals surface area (Å²) >= 11 is 0. The van der Waals surface area contributed by atoms with E-state index in [1.165, 1.54) is 11.1 Å². The molecule has 0 aromatic heterocycles. The van der Waals surface area contributed by atoms with Gasteiger partial charge in [-0.05, 0) is 94.3 Å². The Bertz CT molecular complexity index is 1090. The molecule has 7 nitrogen and oxygen atoms in total. The fraction of sp³-hybridized carbons (Fsp3) is 0.594. The smallest absolute Gasteiger partial charge is 0.229 e. The third-order valence-corrected chi connectivity index (χ3v) is 7.84. The van der Waals surface area contributed by atoms with Crippen LogP contribution in [0.1, 0.15) is 63.1 Å². The van der Waals surface area contributed by atoms with E-state index in [1.54, 1.807) is 13.8 Å². The van der Waals surface area contributed by atoms with E-state index in [4.69, 9.17) is 9.47 Å². The molecule has 0 unspecified atom stereocenters. The maximum atomic E-state index is 13.4. The van der Waals surface area contributed by atoms with Gasteiger partial charge in [0.1, 0.15) is 5.75 Å². The molecular formula is C32H47N3O4. The van der Waals surface area contributed by atoms with Crippen molar-refractivity contribution in [3.63, 3.8) is 0 Å². The van der Waals surface area contributed by atoms with Gasteiger partial charge in [0.05, 0.1) is 24.9 Å². The van der Waals surface area contributed by atoms with Crippen molar-refractivity contribution in [3.05, 3.63) is 59.2 Å². The molecule has 0 spiro atoms. The van der Waals surface area contributed by atoms with Crippen molar-refractivity contribution in [1.29, 1.82) is 0 Å². The molecule has 214 valence electrons. The summed E-state index contributed by atoms with van der Waals surface area (Å²) in [5.74, 6) is 1.05. The van der Waals surface area contributed by atoms with Crippen molar-refractivity contribution < 1.29 is 19.4 Å². The van der Waals surface area contributed by atoms with Crippen LogP contribution >= 0.6 is 0 Å². The van der Waals surface area contributed by atoms with Crippen LogP contribution in [0.4, 0.5) is 5.69 Å². The van der Waals surface area contributed by atoms with Gasteiger partial charge < -0.3 is 24.8 Å². The molecule has 1 aliphatic heterocycles. The Morgan fingerprint density at radius 3 is 2.62 bits per heavy atom. The Hall–Kier alpha value is -2.45. The monoisotopic (exact) mass is 537 g/mol. The second-order valence-electron chi connectivity index (χ2n) is 12.1. The van der Waals surface area contributed by atoms with E-state index in [0.29, 0.717) is 12.6 Å². The number of hydrogen-bond acceptors (Lipinski definition) is 6. The Labute approximate surface area is 234 Å². The number of amides is 1. The number of rotatable bonds is 10. The fourth-order valence-corrected chi connectivity index (χ4v) is 5.61. The molecule has 2 N–H and O–H groups in total. The summed E-state index contributed by atoms with van der Waals surface area (Å²) in [6, 6.07) is 14.9. The standard InChI is InChI=1S/C32H47N3O4/c1-23-17-28(12-9-27(23)20-35-16-15-33-24(2)19-35)34(5)31(36)26-10-13-29(14-11-26)39-30-8-6-7-25(18-30)21-38-22-32(3,4)37/h6-9,12,17-18,24,26,29,33,37H,10-11,13-16,19-22H2,1-5H3/t24-,26?,29?/m0/s1. The highest BCUT2D eigenvalue weighted by Crippen LogP contribution is 2.31. The second-order valence-corrected chi connectivity index (χ2v) is 12.1. The van der Waals surface area contributed by atoms with Crippen LogP contribution in [-0.4, -0.2) is 66.9 Å². The molecule has 1 saturated carbocycles. The predicted octanol–water partition coefficient (Wildman–Crippen LogP) is 4.68. The number of aryl methyl sites for hydroxylation is 1. The molecule has 0 radical (unpaired) electrons. The van der Waals surface area contributed by atoms with Crippen molar-refractivity contribution in [3.8, 4) is 5.75 Å². The SMILES string of the molecule is Cc1cc(N(C)C(=O)C2CCC(Oc3cccc(COCC(C)(C)O)c3)CC2)ccc1CN1CCN[C@@H](C)C1. The molecule has 1 saturated heterocycles. The number of ether oxygens (including phenoxy) is 2. The third-order valence-electron chi connectivity index (χ3n) is 7.84. The fourth-order valence-electron chi connectivity index (χ4n) is 5.61. The topological polar surface area (TPSA) is 74.3 Å². The summed E-state index contributed by atoms with van der Waals surface area (Å²) in [4.78, 5) is 17.7. The molecule has 2 aromatic carbocycles. The van der Waals surface area contributed by atoms with Crippen LogP contribution in [-0.2, 0) is 22.7 Å². The number of nitrogens with zero attached hydrogens (tertiary/aromatic N) is 2. The minimum atomic E-state index is -0.843. The zero-order valence-electron chi connectivity index (χ0n) is 24.4. The molecular weight excluding hydrogens is 490 g/mol. The summed E-state index contributed by atoms with van der Waals surface area (Å²) in [6.07, 6.45) is 3.51. The van der Waals surface area contributed by atoms with Gasteiger partial charge in [-0.3, -0.25) is 9.69 Å². The number of carbonyl (C=O) groups is 1. The summed E-state index contributed by atoms with van der Waals surface area (Å²) < 4.78 is 11.9. The van der Waals surface area contributed by atoms with Crippen molar-refractivity contribution in [2.24, 2.45) is 5.92 Å². The molecule has 1 heterocycles. The minimum absolute atomic E-state index is 0.0266. The van der Waals surface area contributed by atoms with Gasteiger partial charge in [-0.15, -0.1) is 0 Å². The van der Waals surface area contributed by atoms with Gasteiger partial charge in [-0.25, -0.2) is 0 Å². The first kappa shape index (κ1) is 29.5. The highest BCUT2D eigenvalue weighted by atomic mass is 16.5. The van der Waals surface area contributed by atoms with Gasteiger partial charge in [-0.2, -0.15) is 0 Å². The van der Waals surface area contributed by atoms with Crippen LogP contribution in [0.3, 0.4) is 0 Å². The number of benzene rings is 2. The number of hydrogen-bond donors (Lipinski definition) is 2. The van der Waals surface area contributed by atoms with Gasteiger partial charge in [-0.1, -0.05) is 18.2 Å². The average molecular weight is 538 g/mol. The van der Waals surface area contributed by atoms with Crippen molar-refractivity contribution in [1.82, 2.24) is 10.2 Å². The lowest BCUT2D eigenvalue weighted by molar-refractivity contribution is -0.123. The maximum absolute atomic E-state index is 13.4. The minimum Gasteiger partial charge on any atom is -0.490 e. The summed E-state index contributed by atoms with van der Waals surface area (Å²) in [7, 11) is 1.91. The van der Waals surface area contributed by atoms with E-state index in [1.807, 2.05) is 36.2 Å². The molecule has 4 rings (SSSR count). The highest BCUT2D eigenvalue weighted by Gasteiger charge is 2.30. The number of anilines is 1. The normalized spacial score (nSPS) is 22.5. The molecule has 1 atom stereocenters. The second kappa shape index (κ2) is 13.3. The molecule has 1 aliphatic carbocycles.